The van der Waals surface area contributed by atoms with Gasteiger partial charge < -0.3 is 17.7 Å². The van der Waals surface area contributed by atoms with Crippen LogP contribution in [0.4, 0.5) is 5.69 Å². The maximum atomic E-state index is 11.8. The fourth-order valence-corrected chi connectivity index (χ4v) is 1.83. The van der Waals surface area contributed by atoms with Crippen molar-refractivity contribution in [1.82, 2.24) is 4.57 Å². The van der Waals surface area contributed by atoms with Crippen LogP contribution in [0, 0.1) is 0 Å². The number of nitrogens with one attached hydrogen (secondary N) is 1. The van der Waals surface area contributed by atoms with Gasteiger partial charge in [0.15, 0.2) is 6.54 Å². The minimum Gasteiger partial charge on any atom is -1.00 e. The molecule has 2 aromatic rings. The molecule has 0 unspecified atom stereocenters. The summed E-state index contributed by atoms with van der Waals surface area (Å²) in [7, 11) is 1.90. The predicted molar refractivity (Wildman–Crippen MR) is 70.7 cm³/mol. The van der Waals surface area contributed by atoms with Gasteiger partial charge in [-0.05, 0) is 18.2 Å². The highest BCUT2D eigenvalue weighted by Gasteiger charge is 2.09. The second-order valence-electron chi connectivity index (χ2n) is 3.93. The van der Waals surface area contributed by atoms with Crippen LogP contribution in [0.25, 0.3) is 0 Å². The van der Waals surface area contributed by atoms with Crippen molar-refractivity contribution < 1.29 is 21.8 Å². The Hall–Kier alpha value is -1.23. The molecule has 19 heavy (non-hydrogen) atoms. The highest BCUT2D eigenvalue weighted by atomic mass is 35.5. The molecule has 1 aromatic heterocycles. The number of imidazole rings is 1. The van der Waals surface area contributed by atoms with Crippen molar-refractivity contribution in [3.8, 4) is 0 Å². The molecule has 0 fully saturated rings. The minimum absolute atomic E-state index is 0. The zero-order chi connectivity index (χ0) is 13.1. The molecule has 1 aromatic carbocycles. The summed E-state index contributed by atoms with van der Waals surface area (Å²) in [6.45, 7) is 0.251. The summed E-state index contributed by atoms with van der Waals surface area (Å²) in [6.07, 6.45) is 5.52. The zero-order valence-electron chi connectivity index (χ0n) is 10.1. The van der Waals surface area contributed by atoms with E-state index >= 15 is 0 Å². The van der Waals surface area contributed by atoms with Crippen molar-refractivity contribution in [3.63, 3.8) is 0 Å². The van der Waals surface area contributed by atoms with Gasteiger partial charge in [-0.25, -0.2) is 9.13 Å². The largest absolute Gasteiger partial charge is 1.00 e. The summed E-state index contributed by atoms with van der Waals surface area (Å²) in [5.41, 5.74) is 0.630. The van der Waals surface area contributed by atoms with Crippen LogP contribution < -0.4 is 22.3 Å². The highest BCUT2D eigenvalue weighted by molar-refractivity contribution is 6.42. The summed E-state index contributed by atoms with van der Waals surface area (Å²) < 4.78 is 3.65. The predicted octanol–water partition coefficient (Wildman–Crippen LogP) is -0.738. The first-order chi connectivity index (χ1) is 8.54. The summed E-state index contributed by atoms with van der Waals surface area (Å²) in [6, 6.07) is 4.98. The molecule has 0 aliphatic rings. The third kappa shape index (κ3) is 4.42. The lowest BCUT2D eigenvalue weighted by Crippen LogP contribution is -3.00. The molecule has 0 radical (unpaired) electrons. The Bertz CT molecular complexity index is 583. The number of benzene rings is 1. The van der Waals surface area contributed by atoms with Crippen molar-refractivity contribution >= 4 is 34.8 Å². The first kappa shape index (κ1) is 15.8. The lowest BCUT2D eigenvalue weighted by molar-refractivity contribution is -0.671. The zero-order valence-corrected chi connectivity index (χ0v) is 12.4. The fraction of sp³-hybridized carbons (Fsp3) is 0.167. The molecule has 102 valence electrons. The summed E-state index contributed by atoms with van der Waals surface area (Å²) in [5, 5.41) is 3.64. The molecule has 0 atom stereocenters. The molecule has 0 saturated carbocycles. The Morgan fingerprint density at radius 1 is 1.37 bits per heavy atom. The number of hydrogen-bond donors (Lipinski definition) is 1. The molecule has 0 spiro atoms. The first-order valence-electron chi connectivity index (χ1n) is 5.30. The third-order valence-electron chi connectivity index (χ3n) is 2.35. The van der Waals surface area contributed by atoms with E-state index < -0.39 is 0 Å². The minimum atomic E-state index is -0.121. The van der Waals surface area contributed by atoms with E-state index in [-0.39, 0.29) is 24.9 Å². The number of aryl methyl sites for hydroxylation is 1. The summed E-state index contributed by atoms with van der Waals surface area (Å²) in [4.78, 5) is 11.8. The molecule has 2 rings (SSSR count). The topological polar surface area (TPSA) is 37.9 Å². The van der Waals surface area contributed by atoms with Crippen LogP contribution >= 0.6 is 23.2 Å². The van der Waals surface area contributed by atoms with Crippen LogP contribution in [0.5, 0.6) is 0 Å². The number of carbonyl (C=O) groups is 1. The van der Waals surface area contributed by atoms with Gasteiger partial charge in [-0.1, -0.05) is 23.2 Å². The van der Waals surface area contributed by atoms with E-state index in [4.69, 9.17) is 23.2 Å². The average Bonchev–Trinajstić information content (AvgIpc) is 2.69. The van der Waals surface area contributed by atoms with Crippen LogP contribution in [0.2, 0.25) is 10.0 Å². The van der Waals surface area contributed by atoms with E-state index in [2.05, 4.69) is 5.32 Å². The Morgan fingerprint density at radius 2 is 2.11 bits per heavy atom. The summed E-state index contributed by atoms with van der Waals surface area (Å²) in [5.74, 6) is -0.121. The Labute approximate surface area is 127 Å². The maximum Gasteiger partial charge on any atom is 0.266 e. The number of rotatable bonds is 3. The number of anilines is 1. The van der Waals surface area contributed by atoms with E-state index in [9.17, 15) is 4.79 Å². The lowest BCUT2D eigenvalue weighted by Gasteiger charge is -2.04. The van der Waals surface area contributed by atoms with Gasteiger partial charge in [-0.15, -0.1) is 0 Å². The molecule has 0 aliphatic heterocycles. The van der Waals surface area contributed by atoms with Gasteiger partial charge >= 0.3 is 0 Å². The normalized spacial score (nSPS) is 9.84. The molecule has 4 nitrogen and oxygen atoms in total. The second kappa shape index (κ2) is 6.80. The monoisotopic (exact) mass is 319 g/mol. The lowest BCUT2D eigenvalue weighted by atomic mass is 10.3. The summed E-state index contributed by atoms with van der Waals surface area (Å²) >= 11 is 11.7. The quantitative estimate of drug-likeness (QED) is 0.744. The fourth-order valence-electron chi connectivity index (χ4n) is 1.54. The average molecular weight is 321 g/mol. The molecule has 1 N–H and O–H groups in total. The van der Waals surface area contributed by atoms with Crippen molar-refractivity contribution in [2.24, 2.45) is 7.05 Å². The van der Waals surface area contributed by atoms with E-state index in [0.29, 0.717) is 15.7 Å². The van der Waals surface area contributed by atoms with Crippen molar-refractivity contribution in [1.29, 1.82) is 0 Å². The van der Waals surface area contributed by atoms with Gasteiger partial charge in [0, 0.05) is 5.69 Å². The van der Waals surface area contributed by atoms with Crippen molar-refractivity contribution in [3.05, 3.63) is 47.0 Å². The van der Waals surface area contributed by atoms with Gasteiger partial charge in [0.25, 0.3) is 5.91 Å². The number of nitrogens with zero attached hydrogens (tertiary/aromatic N) is 2. The Morgan fingerprint density at radius 3 is 2.68 bits per heavy atom. The van der Waals surface area contributed by atoms with Gasteiger partial charge in [-0.3, -0.25) is 4.79 Å². The van der Waals surface area contributed by atoms with E-state index in [0.717, 1.165) is 0 Å². The van der Waals surface area contributed by atoms with Gasteiger partial charge in [0.1, 0.15) is 12.4 Å². The Kier molecular flexibility index (Phi) is 5.66. The number of carbonyl (C=O) groups excluding carboxylic acids is 1. The van der Waals surface area contributed by atoms with Crippen LogP contribution in [0.15, 0.2) is 36.9 Å². The second-order valence-corrected chi connectivity index (χ2v) is 4.74. The van der Waals surface area contributed by atoms with Crippen LogP contribution in [0.3, 0.4) is 0 Å². The van der Waals surface area contributed by atoms with Crippen molar-refractivity contribution in [2.75, 3.05) is 5.32 Å². The highest BCUT2D eigenvalue weighted by Crippen LogP contribution is 2.24. The number of amides is 1. The van der Waals surface area contributed by atoms with Crippen LogP contribution in [-0.2, 0) is 18.4 Å². The SMILES string of the molecule is C[n+]1ccn(CC(=O)Nc2ccc(Cl)c(Cl)c2)c1.[Cl-]. The van der Waals surface area contributed by atoms with E-state index in [1.807, 2.05) is 30.3 Å². The number of halogens is 3. The molecule has 0 bridgehead atoms. The number of hydrogen-bond acceptors (Lipinski definition) is 1. The first-order valence-corrected chi connectivity index (χ1v) is 6.06. The van der Waals surface area contributed by atoms with Gasteiger partial charge in [0.2, 0.25) is 6.33 Å². The molecule has 7 heteroatoms. The molecule has 1 amide bonds. The Balaban J connectivity index is 0.00000180. The molecular weight excluding hydrogens is 309 g/mol. The maximum absolute atomic E-state index is 11.8. The van der Waals surface area contributed by atoms with Gasteiger partial charge in [0.05, 0.1) is 17.1 Å². The number of aromatic nitrogens is 2. The third-order valence-corrected chi connectivity index (χ3v) is 3.09. The van der Waals surface area contributed by atoms with Crippen LogP contribution in [0.1, 0.15) is 0 Å². The molecule has 0 aliphatic carbocycles. The van der Waals surface area contributed by atoms with Crippen LogP contribution in [-0.4, -0.2) is 10.5 Å². The standard InChI is InChI=1S/C12H11Cl2N3O.ClH/c1-16-4-5-17(8-16)7-12(18)15-9-2-3-10(13)11(14)6-9;/h2-6,8H,7H2,1H3;1H. The van der Waals surface area contributed by atoms with E-state index in [1.54, 1.807) is 22.8 Å². The van der Waals surface area contributed by atoms with Crippen molar-refractivity contribution in [2.45, 2.75) is 6.54 Å². The molecular formula is C12H12Cl3N3O. The van der Waals surface area contributed by atoms with E-state index in [1.165, 1.54) is 0 Å². The molecule has 0 saturated heterocycles. The van der Waals surface area contributed by atoms with Gasteiger partial charge in [-0.2, -0.15) is 0 Å². The smallest absolute Gasteiger partial charge is 0.266 e. The molecule has 1 heterocycles.